The summed E-state index contributed by atoms with van der Waals surface area (Å²) >= 11 is 0. The van der Waals surface area contributed by atoms with E-state index >= 15 is 0 Å². The number of hydrogen-bond acceptors (Lipinski definition) is 1. The van der Waals surface area contributed by atoms with Crippen molar-refractivity contribution in [1.82, 2.24) is 5.32 Å². The zero-order valence-electron chi connectivity index (χ0n) is 7.36. The molecule has 0 rings (SSSR count). The second kappa shape index (κ2) is 4.15. The van der Waals surface area contributed by atoms with Crippen molar-refractivity contribution in [3.8, 4) is 0 Å². The maximum absolute atomic E-state index is 3.77. The molecule has 0 aliphatic heterocycles. The van der Waals surface area contributed by atoms with Crippen LogP contribution in [-0.2, 0) is 0 Å². The van der Waals surface area contributed by atoms with Crippen molar-refractivity contribution in [3.63, 3.8) is 0 Å². The summed E-state index contributed by atoms with van der Waals surface area (Å²) in [6.07, 6.45) is 2.11. The van der Waals surface area contributed by atoms with Crippen LogP contribution in [0, 0.1) is 0 Å². The summed E-state index contributed by atoms with van der Waals surface area (Å²) in [6, 6.07) is 0.419. The molecule has 0 saturated heterocycles. The Balaban J connectivity index is 3.85. The van der Waals surface area contributed by atoms with Gasteiger partial charge in [-0.3, -0.25) is 0 Å². The lowest BCUT2D eigenvalue weighted by Crippen LogP contribution is -2.24. The van der Waals surface area contributed by atoms with Crippen molar-refractivity contribution < 1.29 is 0 Å². The highest BCUT2D eigenvalue weighted by molar-refractivity contribution is 5.07. The minimum absolute atomic E-state index is 0.419. The van der Waals surface area contributed by atoms with E-state index in [-0.39, 0.29) is 0 Å². The summed E-state index contributed by atoms with van der Waals surface area (Å²) in [5.41, 5.74) is 2.37. The molecule has 1 atom stereocenters. The minimum Gasteiger partial charge on any atom is -0.383 e. The fourth-order valence-corrected chi connectivity index (χ4v) is 0.733. The zero-order chi connectivity index (χ0) is 8.15. The van der Waals surface area contributed by atoms with E-state index in [0.29, 0.717) is 6.04 Å². The van der Waals surface area contributed by atoms with Crippen LogP contribution in [0.4, 0.5) is 0 Å². The molecule has 58 valence electrons. The van der Waals surface area contributed by atoms with Crippen LogP contribution < -0.4 is 5.32 Å². The average molecular weight is 139 g/mol. The third-order valence-corrected chi connectivity index (χ3v) is 1.60. The van der Waals surface area contributed by atoms with Crippen LogP contribution in [-0.4, -0.2) is 6.04 Å². The standard InChI is InChI=1S/C9H17N/c1-6-8(4)9(5)10-7(2)3/h6,9-10H,2H2,1,3-5H3/b8-6+. The van der Waals surface area contributed by atoms with Crippen molar-refractivity contribution in [2.24, 2.45) is 0 Å². The molecule has 0 bridgehead atoms. The molecule has 0 aromatic heterocycles. The van der Waals surface area contributed by atoms with Gasteiger partial charge in [0.1, 0.15) is 0 Å². The highest BCUT2D eigenvalue weighted by Gasteiger charge is 1.99. The highest BCUT2D eigenvalue weighted by atomic mass is 14.9. The maximum atomic E-state index is 3.77. The molecule has 0 radical (unpaired) electrons. The molecule has 0 aliphatic carbocycles. The van der Waals surface area contributed by atoms with Gasteiger partial charge in [0.05, 0.1) is 0 Å². The van der Waals surface area contributed by atoms with Crippen LogP contribution in [0.3, 0.4) is 0 Å². The molecule has 0 fully saturated rings. The van der Waals surface area contributed by atoms with Gasteiger partial charge in [0.2, 0.25) is 0 Å². The molecule has 1 heteroatoms. The van der Waals surface area contributed by atoms with E-state index in [9.17, 15) is 0 Å². The van der Waals surface area contributed by atoms with E-state index in [2.05, 4.69) is 31.8 Å². The third-order valence-electron chi connectivity index (χ3n) is 1.60. The van der Waals surface area contributed by atoms with Crippen molar-refractivity contribution in [2.45, 2.75) is 33.7 Å². The molecule has 1 N–H and O–H groups in total. The topological polar surface area (TPSA) is 12.0 Å². The van der Waals surface area contributed by atoms with Gasteiger partial charge in [0.25, 0.3) is 0 Å². The predicted molar refractivity (Wildman–Crippen MR) is 46.8 cm³/mol. The SMILES string of the molecule is C=C(C)NC(C)/C(C)=C/C. The van der Waals surface area contributed by atoms with Crippen LogP contribution in [0.25, 0.3) is 0 Å². The molecule has 0 spiro atoms. The van der Waals surface area contributed by atoms with Gasteiger partial charge in [-0.05, 0) is 27.7 Å². The van der Waals surface area contributed by atoms with Gasteiger partial charge in [-0.2, -0.15) is 0 Å². The zero-order valence-corrected chi connectivity index (χ0v) is 7.36. The Morgan fingerprint density at radius 2 is 2.00 bits per heavy atom. The highest BCUT2D eigenvalue weighted by Crippen LogP contribution is 2.00. The first-order valence-corrected chi connectivity index (χ1v) is 3.62. The second-order valence-corrected chi connectivity index (χ2v) is 2.68. The Labute approximate surface area is 63.8 Å². The molecule has 0 heterocycles. The van der Waals surface area contributed by atoms with Crippen LogP contribution in [0.2, 0.25) is 0 Å². The monoisotopic (exact) mass is 139 g/mol. The molecule has 0 aromatic rings. The van der Waals surface area contributed by atoms with Gasteiger partial charge in [0, 0.05) is 11.7 Å². The molecule has 1 nitrogen and oxygen atoms in total. The van der Waals surface area contributed by atoms with Gasteiger partial charge >= 0.3 is 0 Å². The van der Waals surface area contributed by atoms with Gasteiger partial charge < -0.3 is 5.32 Å². The Bertz CT molecular complexity index is 145. The van der Waals surface area contributed by atoms with Crippen LogP contribution in [0.1, 0.15) is 27.7 Å². The van der Waals surface area contributed by atoms with Gasteiger partial charge in [0.15, 0.2) is 0 Å². The van der Waals surface area contributed by atoms with E-state index in [4.69, 9.17) is 0 Å². The summed E-state index contributed by atoms with van der Waals surface area (Å²) in [5.74, 6) is 0. The van der Waals surface area contributed by atoms with Gasteiger partial charge in [-0.25, -0.2) is 0 Å². The number of hydrogen-bond donors (Lipinski definition) is 1. The Kier molecular flexibility index (Phi) is 3.85. The van der Waals surface area contributed by atoms with E-state index < -0.39 is 0 Å². The lowest BCUT2D eigenvalue weighted by Gasteiger charge is -2.14. The van der Waals surface area contributed by atoms with Crippen LogP contribution in [0.5, 0.6) is 0 Å². The molecule has 10 heavy (non-hydrogen) atoms. The largest absolute Gasteiger partial charge is 0.383 e. The van der Waals surface area contributed by atoms with E-state index in [1.165, 1.54) is 5.57 Å². The molecule has 0 aliphatic rings. The first-order valence-electron chi connectivity index (χ1n) is 3.62. The van der Waals surface area contributed by atoms with E-state index in [1.54, 1.807) is 0 Å². The van der Waals surface area contributed by atoms with Crippen LogP contribution >= 0.6 is 0 Å². The lowest BCUT2D eigenvalue weighted by molar-refractivity contribution is 0.694. The summed E-state index contributed by atoms with van der Waals surface area (Å²) in [6.45, 7) is 12.0. The third kappa shape index (κ3) is 3.33. The molecule has 0 amide bonds. The quantitative estimate of drug-likeness (QED) is 0.592. The second-order valence-electron chi connectivity index (χ2n) is 2.68. The normalized spacial score (nSPS) is 14.6. The van der Waals surface area contributed by atoms with Gasteiger partial charge in [-0.15, -0.1) is 0 Å². The molecule has 0 aromatic carbocycles. The minimum atomic E-state index is 0.419. The molecule has 1 unspecified atom stereocenters. The predicted octanol–water partition coefficient (Wildman–Crippen LogP) is 2.46. The fourth-order valence-electron chi connectivity index (χ4n) is 0.733. The summed E-state index contributed by atoms with van der Waals surface area (Å²) in [7, 11) is 0. The Morgan fingerprint density at radius 3 is 2.30 bits per heavy atom. The Hall–Kier alpha value is -0.720. The number of rotatable bonds is 3. The molecule has 0 saturated carbocycles. The van der Waals surface area contributed by atoms with Crippen molar-refractivity contribution >= 4 is 0 Å². The van der Waals surface area contributed by atoms with Crippen molar-refractivity contribution in [2.75, 3.05) is 0 Å². The van der Waals surface area contributed by atoms with Crippen LogP contribution in [0.15, 0.2) is 23.9 Å². The van der Waals surface area contributed by atoms with E-state index in [0.717, 1.165) is 5.70 Å². The first kappa shape index (κ1) is 9.28. The number of nitrogens with one attached hydrogen (secondary N) is 1. The van der Waals surface area contributed by atoms with Gasteiger partial charge in [-0.1, -0.05) is 18.2 Å². The summed E-state index contributed by atoms with van der Waals surface area (Å²) in [4.78, 5) is 0. The smallest absolute Gasteiger partial charge is 0.0439 e. The Morgan fingerprint density at radius 1 is 1.50 bits per heavy atom. The fraction of sp³-hybridized carbons (Fsp3) is 0.556. The maximum Gasteiger partial charge on any atom is 0.0439 e. The lowest BCUT2D eigenvalue weighted by atomic mass is 10.1. The average Bonchev–Trinajstić information content (AvgIpc) is 1.85. The number of allylic oxidation sites excluding steroid dienone is 2. The van der Waals surface area contributed by atoms with Crippen molar-refractivity contribution in [1.29, 1.82) is 0 Å². The first-order chi connectivity index (χ1) is 4.57. The van der Waals surface area contributed by atoms with Crippen molar-refractivity contribution in [3.05, 3.63) is 23.9 Å². The molecular formula is C9H17N. The summed E-state index contributed by atoms with van der Waals surface area (Å²) < 4.78 is 0. The summed E-state index contributed by atoms with van der Waals surface area (Å²) in [5, 5.41) is 3.23. The molecular weight excluding hydrogens is 122 g/mol. The van der Waals surface area contributed by atoms with E-state index in [1.807, 2.05) is 13.8 Å².